The Hall–Kier alpha value is -1.43. The van der Waals surface area contributed by atoms with Crippen molar-refractivity contribution >= 4 is 23.1 Å². The van der Waals surface area contributed by atoms with Gasteiger partial charge in [0.25, 0.3) is 0 Å². The van der Waals surface area contributed by atoms with Gasteiger partial charge in [0.15, 0.2) is 0 Å². The van der Waals surface area contributed by atoms with E-state index < -0.39 is 4.92 Å². The number of rotatable bonds is 3. The number of aromatic nitrogens is 2. The number of halogens is 1. The van der Waals surface area contributed by atoms with E-state index in [1.165, 1.54) is 19.3 Å². The number of fused-ring (bicyclic) bond motifs is 2. The number of hydrogen-bond acceptors (Lipinski definition) is 5. The summed E-state index contributed by atoms with van der Waals surface area (Å²) in [6, 6.07) is 0.286. The summed E-state index contributed by atoms with van der Waals surface area (Å²) in [7, 11) is 0. The molecule has 1 aromatic rings. The molecule has 1 N–H and O–H groups in total. The molecule has 2 bridgehead atoms. The molecular formula is C11H13ClN4O2. The molecule has 7 heteroatoms. The molecule has 0 radical (unpaired) electrons. The minimum absolute atomic E-state index is 0.0336. The Morgan fingerprint density at radius 1 is 1.44 bits per heavy atom. The molecule has 18 heavy (non-hydrogen) atoms. The summed E-state index contributed by atoms with van der Waals surface area (Å²) in [5.74, 6) is 1.63. The van der Waals surface area contributed by atoms with E-state index in [2.05, 4.69) is 15.3 Å². The number of nitrogens with one attached hydrogen (secondary N) is 1. The van der Waals surface area contributed by atoms with Crippen molar-refractivity contribution < 1.29 is 4.92 Å². The van der Waals surface area contributed by atoms with E-state index in [0.717, 1.165) is 18.5 Å². The van der Waals surface area contributed by atoms with E-state index >= 15 is 0 Å². The summed E-state index contributed by atoms with van der Waals surface area (Å²) >= 11 is 5.70. The third-order valence-electron chi connectivity index (χ3n) is 4.00. The molecule has 3 unspecified atom stereocenters. The third kappa shape index (κ3) is 2.01. The average molecular weight is 269 g/mol. The highest BCUT2D eigenvalue weighted by Gasteiger charge is 2.40. The summed E-state index contributed by atoms with van der Waals surface area (Å²) < 4.78 is 0. The molecule has 0 saturated heterocycles. The Morgan fingerprint density at radius 2 is 2.28 bits per heavy atom. The van der Waals surface area contributed by atoms with E-state index in [9.17, 15) is 10.1 Å². The molecule has 2 aliphatic rings. The van der Waals surface area contributed by atoms with Crippen molar-refractivity contribution in [1.29, 1.82) is 0 Å². The van der Waals surface area contributed by atoms with Crippen molar-refractivity contribution in [3.8, 4) is 0 Å². The average Bonchev–Trinajstić information content (AvgIpc) is 2.90. The number of anilines is 1. The van der Waals surface area contributed by atoms with Crippen molar-refractivity contribution in [3.05, 3.63) is 21.6 Å². The van der Waals surface area contributed by atoms with Crippen LogP contribution in [0.5, 0.6) is 0 Å². The first-order chi connectivity index (χ1) is 8.63. The first kappa shape index (κ1) is 11.6. The van der Waals surface area contributed by atoms with Gasteiger partial charge in [-0.3, -0.25) is 10.1 Å². The largest absolute Gasteiger partial charge is 0.361 e. The molecule has 0 aliphatic heterocycles. The number of nitrogens with zero attached hydrogens (tertiary/aromatic N) is 3. The SMILES string of the molecule is O=[N+]([O-])c1cnc(Cl)nc1NC1CC2CCC1C2. The Bertz CT molecular complexity index is 496. The lowest BCUT2D eigenvalue weighted by molar-refractivity contribution is -0.384. The Kier molecular flexibility index (Phi) is 2.81. The second kappa shape index (κ2) is 4.35. The predicted octanol–water partition coefficient (Wildman–Crippen LogP) is 2.64. The van der Waals surface area contributed by atoms with E-state index in [1.54, 1.807) is 0 Å². The molecule has 1 aromatic heterocycles. The fourth-order valence-corrected chi connectivity index (χ4v) is 3.32. The fraction of sp³-hybridized carbons (Fsp3) is 0.636. The van der Waals surface area contributed by atoms with Gasteiger partial charge < -0.3 is 5.32 Å². The molecule has 3 rings (SSSR count). The van der Waals surface area contributed by atoms with Gasteiger partial charge in [0.2, 0.25) is 11.1 Å². The maximum absolute atomic E-state index is 10.9. The van der Waals surface area contributed by atoms with Gasteiger partial charge in [0.05, 0.1) is 4.92 Å². The summed E-state index contributed by atoms with van der Waals surface area (Å²) in [6.07, 6.45) is 5.95. The quantitative estimate of drug-likeness (QED) is 0.518. The highest BCUT2D eigenvalue weighted by molar-refractivity contribution is 6.28. The zero-order valence-corrected chi connectivity index (χ0v) is 10.4. The Labute approximate surface area is 109 Å². The zero-order valence-electron chi connectivity index (χ0n) is 9.67. The van der Waals surface area contributed by atoms with Gasteiger partial charge in [-0.05, 0) is 42.7 Å². The van der Waals surface area contributed by atoms with Gasteiger partial charge in [0, 0.05) is 6.04 Å². The van der Waals surface area contributed by atoms with Crippen molar-refractivity contribution in [2.45, 2.75) is 31.7 Å². The van der Waals surface area contributed by atoms with Crippen molar-refractivity contribution in [3.63, 3.8) is 0 Å². The standard InChI is InChI=1S/C11H13ClN4O2/c12-11-13-5-9(16(17)18)10(15-11)14-8-4-6-1-2-7(8)3-6/h5-8H,1-4H2,(H,13,14,15). The van der Waals surface area contributed by atoms with Crippen LogP contribution in [0.25, 0.3) is 0 Å². The molecule has 6 nitrogen and oxygen atoms in total. The summed E-state index contributed by atoms with van der Waals surface area (Å²) in [6.45, 7) is 0. The second-order valence-electron chi connectivity index (χ2n) is 5.06. The third-order valence-corrected chi connectivity index (χ3v) is 4.18. The Balaban J connectivity index is 1.83. The highest BCUT2D eigenvalue weighted by atomic mass is 35.5. The first-order valence-electron chi connectivity index (χ1n) is 6.07. The number of hydrogen-bond donors (Lipinski definition) is 1. The lowest BCUT2D eigenvalue weighted by Gasteiger charge is -2.23. The normalized spacial score (nSPS) is 29.5. The van der Waals surface area contributed by atoms with Crippen LogP contribution < -0.4 is 5.32 Å². The lowest BCUT2D eigenvalue weighted by Crippen LogP contribution is -2.26. The van der Waals surface area contributed by atoms with E-state index in [1.807, 2.05) is 0 Å². The van der Waals surface area contributed by atoms with Crippen LogP contribution in [0.3, 0.4) is 0 Å². The molecule has 1 heterocycles. The van der Waals surface area contributed by atoms with Gasteiger partial charge in [0.1, 0.15) is 6.20 Å². The van der Waals surface area contributed by atoms with Gasteiger partial charge in [-0.15, -0.1) is 0 Å². The van der Waals surface area contributed by atoms with Crippen molar-refractivity contribution in [1.82, 2.24) is 9.97 Å². The van der Waals surface area contributed by atoms with Crippen LogP contribution in [-0.2, 0) is 0 Å². The molecule has 0 spiro atoms. The molecule has 0 amide bonds. The molecule has 0 aromatic carbocycles. The molecule has 2 saturated carbocycles. The van der Waals surface area contributed by atoms with Gasteiger partial charge in [-0.2, -0.15) is 4.98 Å². The fourth-order valence-electron chi connectivity index (χ4n) is 3.19. The van der Waals surface area contributed by atoms with Crippen molar-refractivity contribution in [2.24, 2.45) is 11.8 Å². The van der Waals surface area contributed by atoms with Crippen LogP contribution in [0.1, 0.15) is 25.7 Å². The van der Waals surface area contributed by atoms with Crippen LogP contribution in [-0.4, -0.2) is 20.9 Å². The van der Waals surface area contributed by atoms with Crippen LogP contribution >= 0.6 is 11.6 Å². The maximum Gasteiger partial charge on any atom is 0.329 e. The van der Waals surface area contributed by atoms with E-state index in [-0.39, 0.29) is 22.8 Å². The highest BCUT2D eigenvalue weighted by Crippen LogP contribution is 2.45. The van der Waals surface area contributed by atoms with Crippen molar-refractivity contribution in [2.75, 3.05) is 5.32 Å². The zero-order chi connectivity index (χ0) is 12.7. The van der Waals surface area contributed by atoms with E-state index in [4.69, 9.17) is 11.6 Å². The van der Waals surface area contributed by atoms with Gasteiger partial charge in [-0.25, -0.2) is 4.98 Å². The predicted molar refractivity (Wildman–Crippen MR) is 66.6 cm³/mol. The van der Waals surface area contributed by atoms with E-state index in [0.29, 0.717) is 5.92 Å². The van der Waals surface area contributed by atoms with Gasteiger partial charge >= 0.3 is 5.69 Å². The molecule has 2 fully saturated rings. The maximum atomic E-state index is 10.9. The Morgan fingerprint density at radius 3 is 2.89 bits per heavy atom. The monoisotopic (exact) mass is 268 g/mol. The molecule has 2 aliphatic carbocycles. The first-order valence-corrected chi connectivity index (χ1v) is 6.44. The summed E-state index contributed by atoms with van der Waals surface area (Å²) in [4.78, 5) is 18.0. The van der Waals surface area contributed by atoms with Crippen LogP contribution in [0, 0.1) is 22.0 Å². The summed E-state index contributed by atoms with van der Waals surface area (Å²) in [5, 5.41) is 14.1. The topological polar surface area (TPSA) is 81.0 Å². The van der Waals surface area contributed by atoms with Crippen LogP contribution in [0.2, 0.25) is 5.28 Å². The minimum atomic E-state index is -0.480. The molecule has 3 atom stereocenters. The minimum Gasteiger partial charge on any atom is -0.361 e. The smallest absolute Gasteiger partial charge is 0.329 e. The molecule has 96 valence electrons. The van der Waals surface area contributed by atoms with Crippen LogP contribution in [0.4, 0.5) is 11.5 Å². The van der Waals surface area contributed by atoms with Crippen LogP contribution in [0.15, 0.2) is 6.20 Å². The summed E-state index contributed by atoms with van der Waals surface area (Å²) in [5.41, 5.74) is -0.109. The lowest BCUT2D eigenvalue weighted by atomic mass is 9.95. The molecular weight excluding hydrogens is 256 g/mol. The second-order valence-corrected chi connectivity index (χ2v) is 5.39. The van der Waals surface area contributed by atoms with Gasteiger partial charge in [-0.1, -0.05) is 6.42 Å². The number of nitro groups is 1.